The third-order valence-corrected chi connectivity index (χ3v) is 5.34. The fourth-order valence-corrected chi connectivity index (χ4v) is 3.50. The topological polar surface area (TPSA) is 59.6 Å². The van der Waals surface area contributed by atoms with Crippen molar-refractivity contribution in [3.63, 3.8) is 0 Å². The Labute approximate surface area is 163 Å². The van der Waals surface area contributed by atoms with Crippen molar-refractivity contribution in [2.24, 2.45) is 4.99 Å². The molecule has 2 heterocycles. The van der Waals surface area contributed by atoms with E-state index in [4.69, 9.17) is 4.99 Å². The van der Waals surface area contributed by atoms with Gasteiger partial charge in [0, 0.05) is 49.4 Å². The summed E-state index contributed by atoms with van der Waals surface area (Å²) in [7, 11) is 0. The number of nitrogens with one attached hydrogen (secondary N) is 2. The van der Waals surface area contributed by atoms with Gasteiger partial charge in [-0.3, -0.25) is 10.00 Å². The molecule has 7 heteroatoms. The molecule has 6 nitrogen and oxygen atoms in total. The first kappa shape index (κ1) is 18.9. The quantitative estimate of drug-likeness (QED) is 0.578. The molecule has 0 bridgehead atoms. The Kier molecular flexibility index (Phi) is 6.68. The van der Waals surface area contributed by atoms with E-state index in [0.29, 0.717) is 12.6 Å². The second kappa shape index (κ2) is 9.19. The number of aromatic nitrogens is 2. The first-order valence-corrected chi connectivity index (χ1v) is 9.97. The van der Waals surface area contributed by atoms with E-state index in [2.05, 4.69) is 79.4 Å². The summed E-state index contributed by atoms with van der Waals surface area (Å²) < 4.78 is 1.13. The molecule has 1 unspecified atom stereocenters. The van der Waals surface area contributed by atoms with Gasteiger partial charge < -0.3 is 10.2 Å². The van der Waals surface area contributed by atoms with Crippen LogP contribution in [-0.2, 0) is 6.54 Å². The molecule has 2 N–H and O–H groups in total. The zero-order valence-electron chi connectivity index (χ0n) is 15.5. The summed E-state index contributed by atoms with van der Waals surface area (Å²) >= 11 is 3.51. The van der Waals surface area contributed by atoms with E-state index in [1.807, 2.05) is 6.07 Å². The summed E-state index contributed by atoms with van der Waals surface area (Å²) in [6, 6.07) is 11.0. The second-order valence-corrected chi connectivity index (χ2v) is 7.42. The maximum atomic E-state index is 4.75. The SMILES string of the molecule is CCNC(=NCc1ccn[nH]1)N1CCN(C(C)c2ccc(Br)cc2)CC1. The molecule has 1 aliphatic rings. The molecule has 0 aliphatic carbocycles. The van der Waals surface area contributed by atoms with Crippen molar-refractivity contribution < 1.29 is 0 Å². The van der Waals surface area contributed by atoms with Crippen LogP contribution < -0.4 is 5.32 Å². The lowest BCUT2D eigenvalue weighted by atomic mass is 10.1. The highest BCUT2D eigenvalue weighted by Crippen LogP contribution is 2.23. The summed E-state index contributed by atoms with van der Waals surface area (Å²) in [5.41, 5.74) is 2.39. The van der Waals surface area contributed by atoms with Crippen LogP contribution in [0, 0.1) is 0 Å². The maximum absolute atomic E-state index is 4.75. The van der Waals surface area contributed by atoms with E-state index < -0.39 is 0 Å². The first-order chi connectivity index (χ1) is 12.7. The normalized spacial score (nSPS) is 17.3. The van der Waals surface area contributed by atoms with Gasteiger partial charge >= 0.3 is 0 Å². The molecule has 0 amide bonds. The number of nitrogens with zero attached hydrogens (tertiary/aromatic N) is 4. The number of halogens is 1. The molecular formula is C19H27BrN6. The largest absolute Gasteiger partial charge is 0.357 e. The van der Waals surface area contributed by atoms with E-state index in [1.165, 1.54) is 5.56 Å². The lowest BCUT2D eigenvalue weighted by Crippen LogP contribution is -2.52. The number of H-pyrrole nitrogens is 1. The van der Waals surface area contributed by atoms with Gasteiger partial charge in [-0.05, 0) is 37.6 Å². The summed E-state index contributed by atoms with van der Waals surface area (Å²) in [4.78, 5) is 9.65. The summed E-state index contributed by atoms with van der Waals surface area (Å²) in [6.07, 6.45) is 1.76. The average molecular weight is 419 g/mol. The molecule has 0 spiro atoms. The molecule has 1 aromatic heterocycles. The number of rotatable bonds is 5. The molecule has 1 aromatic carbocycles. The van der Waals surface area contributed by atoms with Crippen LogP contribution in [0.2, 0.25) is 0 Å². The molecule has 1 saturated heterocycles. The summed E-state index contributed by atoms with van der Waals surface area (Å²) in [6.45, 7) is 9.92. The van der Waals surface area contributed by atoms with Crippen LogP contribution in [0.3, 0.4) is 0 Å². The van der Waals surface area contributed by atoms with Crippen molar-refractivity contribution in [2.75, 3.05) is 32.7 Å². The van der Waals surface area contributed by atoms with Crippen LogP contribution in [-0.4, -0.2) is 58.7 Å². The molecule has 1 atom stereocenters. The number of hydrogen-bond acceptors (Lipinski definition) is 3. The van der Waals surface area contributed by atoms with Crippen LogP contribution >= 0.6 is 15.9 Å². The lowest BCUT2D eigenvalue weighted by Gasteiger charge is -2.39. The maximum Gasteiger partial charge on any atom is 0.194 e. The van der Waals surface area contributed by atoms with Crippen LogP contribution in [0.15, 0.2) is 46.0 Å². The number of aliphatic imine (C=N–C) groups is 1. The van der Waals surface area contributed by atoms with E-state index >= 15 is 0 Å². The van der Waals surface area contributed by atoms with Gasteiger partial charge in [-0.1, -0.05) is 28.1 Å². The Balaban J connectivity index is 1.58. The molecular weight excluding hydrogens is 392 g/mol. The molecule has 26 heavy (non-hydrogen) atoms. The van der Waals surface area contributed by atoms with E-state index in [1.54, 1.807) is 6.20 Å². The highest BCUT2D eigenvalue weighted by Gasteiger charge is 2.23. The Morgan fingerprint density at radius 3 is 2.58 bits per heavy atom. The van der Waals surface area contributed by atoms with Gasteiger partial charge in [-0.2, -0.15) is 5.10 Å². The van der Waals surface area contributed by atoms with Gasteiger partial charge in [0.2, 0.25) is 0 Å². The van der Waals surface area contributed by atoms with Gasteiger partial charge in [-0.25, -0.2) is 4.99 Å². The molecule has 0 saturated carbocycles. The molecule has 2 aromatic rings. The first-order valence-electron chi connectivity index (χ1n) is 9.18. The zero-order chi connectivity index (χ0) is 18.4. The third kappa shape index (κ3) is 4.86. The minimum absolute atomic E-state index is 0.426. The number of hydrogen-bond donors (Lipinski definition) is 2. The number of guanidine groups is 1. The third-order valence-electron chi connectivity index (χ3n) is 4.81. The van der Waals surface area contributed by atoms with Crippen molar-refractivity contribution in [2.45, 2.75) is 26.4 Å². The fraction of sp³-hybridized carbons (Fsp3) is 0.474. The number of benzene rings is 1. The van der Waals surface area contributed by atoms with E-state index in [9.17, 15) is 0 Å². The lowest BCUT2D eigenvalue weighted by molar-refractivity contribution is 0.138. The smallest absolute Gasteiger partial charge is 0.194 e. The number of piperazine rings is 1. The van der Waals surface area contributed by atoms with Crippen LogP contribution in [0.4, 0.5) is 0 Å². The second-order valence-electron chi connectivity index (χ2n) is 6.50. The Morgan fingerprint density at radius 2 is 1.96 bits per heavy atom. The monoisotopic (exact) mass is 418 g/mol. The minimum atomic E-state index is 0.426. The average Bonchev–Trinajstić information content (AvgIpc) is 3.19. The van der Waals surface area contributed by atoms with Crippen LogP contribution in [0.1, 0.15) is 31.1 Å². The van der Waals surface area contributed by atoms with E-state index in [0.717, 1.165) is 48.8 Å². The predicted molar refractivity (Wildman–Crippen MR) is 109 cm³/mol. The molecule has 3 rings (SSSR count). The van der Waals surface area contributed by atoms with Crippen molar-refractivity contribution in [3.05, 3.63) is 52.3 Å². The Morgan fingerprint density at radius 1 is 1.23 bits per heavy atom. The van der Waals surface area contributed by atoms with Crippen LogP contribution in [0.25, 0.3) is 0 Å². The van der Waals surface area contributed by atoms with Crippen molar-refractivity contribution in [3.8, 4) is 0 Å². The molecule has 1 fully saturated rings. The highest BCUT2D eigenvalue weighted by molar-refractivity contribution is 9.10. The number of aromatic amines is 1. The molecule has 140 valence electrons. The fourth-order valence-electron chi connectivity index (χ4n) is 3.23. The highest BCUT2D eigenvalue weighted by atomic mass is 79.9. The standard InChI is InChI=1S/C19H27BrN6/c1-3-21-19(22-14-18-8-9-23-24-18)26-12-10-25(11-13-26)15(2)16-4-6-17(20)7-5-16/h4-9,15H,3,10-14H2,1-2H3,(H,21,22)(H,23,24). The van der Waals surface area contributed by atoms with Crippen molar-refractivity contribution in [1.29, 1.82) is 0 Å². The summed E-state index contributed by atoms with van der Waals surface area (Å²) in [5, 5.41) is 10.4. The van der Waals surface area contributed by atoms with Gasteiger partial charge in [0.25, 0.3) is 0 Å². The van der Waals surface area contributed by atoms with Crippen molar-refractivity contribution >= 4 is 21.9 Å². The van der Waals surface area contributed by atoms with Gasteiger partial charge in [-0.15, -0.1) is 0 Å². The summed E-state index contributed by atoms with van der Waals surface area (Å²) in [5.74, 6) is 0.984. The zero-order valence-corrected chi connectivity index (χ0v) is 17.0. The Bertz CT molecular complexity index is 689. The van der Waals surface area contributed by atoms with Gasteiger partial charge in [0.15, 0.2) is 5.96 Å². The van der Waals surface area contributed by atoms with Crippen molar-refractivity contribution in [1.82, 2.24) is 25.3 Å². The minimum Gasteiger partial charge on any atom is -0.357 e. The van der Waals surface area contributed by atoms with Gasteiger partial charge in [0.05, 0.1) is 12.2 Å². The predicted octanol–water partition coefficient (Wildman–Crippen LogP) is 3.02. The molecule has 0 radical (unpaired) electrons. The molecule has 1 aliphatic heterocycles. The van der Waals surface area contributed by atoms with Gasteiger partial charge in [0.1, 0.15) is 0 Å². The Hall–Kier alpha value is -1.86. The van der Waals surface area contributed by atoms with Crippen LogP contribution in [0.5, 0.6) is 0 Å². The van der Waals surface area contributed by atoms with E-state index in [-0.39, 0.29) is 0 Å².